The molecule has 0 fully saturated rings. The molecular formula is C20H14N6O3. The first kappa shape index (κ1) is 16.9. The molecule has 0 aliphatic rings. The zero-order valence-corrected chi connectivity index (χ0v) is 15.2. The van der Waals surface area contributed by atoms with Gasteiger partial charge in [-0.3, -0.25) is 18.7 Å². The molecule has 0 aliphatic carbocycles. The molecule has 9 heteroatoms. The van der Waals surface area contributed by atoms with Gasteiger partial charge in [-0.2, -0.15) is 10.1 Å². The number of pyridine rings is 3. The van der Waals surface area contributed by atoms with Gasteiger partial charge in [0.1, 0.15) is 12.1 Å². The highest BCUT2D eigenvalue weighted by molar-refractivity contribution is 5.91. The van der Waals surface area contributed by atoms with Crippen molar-refractivity contribution >= 4 is 21.8 Å². The number of aromatic amines is 1. The number of nitrogens with zero attached hydrogens (tertiary/aromatic N) is 5. The number of H-pyrrole nitrogens is 1. The molecule has 0 unspecified atom stereocenters. The quantitative estimate of drug-likeness (QED) is 0.474. The molecule has 29 heavy (non-hydrogen) atoms. The van der Waals surface area contributed by atoms with Gasteiger partial charge in [0.05, 0.1) is 28.9 Å². The summed E-state index contributed by atoms with van der Waals surface area (Å²) < 4.78 is 8.00. The first-order valence-corrected chi connectivity index (χ1v) is 8.74. The van der Waals surface area contributed by atoms with E-state index >= 15 is 0 Å². The number of hydrogen-bond acceptors (Lipinski definition) is 6. The summed E-state index contributed by atoms with van der Waals surface area (Å²) in [6.45, 7) is 0. The monoisotopic (exact) mass is 386 g/mol. The lowest BCUT2D eigenvalue weighted by atomic mass is 10.2. The van der Waals surface area contributed by atoms with Crippen LogP contribution in [0, 0.1) is 0 Å². The van der Waals surface area contributed by atoms with Gasteiger partial charge in [-0.1, -0.05) is 0 Å². The van der Waals surface area contributed by atoms with Gasteiger partial charge < -0.3 is 4.74 Å². The second-order valence-corrected chi connectivity index (χ2v) is 6.34. The number of hydrogen-bond donors (Lipinski definition) is 1. The minimum atomic E-state index is -0.340. The Morgan fingerprint density at radius 2 is 1.55 bits per heavy atom. The van der Waals surface area contributed by atoms with E-state index in [-0.39, 0.29) is 11.1 Å². The number of methoxy groups -OCH3 is 1. The molecule has 0 atom stereocenters. The fraction of sp³-hybridized carbons (Fsp3) is 0.0500. The number of nitrogens with one attached hydrogen (secondary N) is 1. The molecule has 0 saturated heterocycles. The molecule has 4 heterocycles. The predicted octanol–water partition coefficient (Wildman–Crippen LogP) is 1.82. The molecule has 0 spiro atoms. The predicted molar refractivity (Wildman–Crippen MR) is 107 cm³/mol. The smallest absolute Gasteiger partial charge is 0.266 e. The molecule has 4 aromatic heterocycles. The van der Waals surface area contributed by atoms with Crippen LogP contribution in [0.15, 0.2) is 70.8 Å². The summed E-state index contributed by atoms with van der Waals surface area (Å²) in [5, 5.41) is 7.09. The van der Waals surface area contributed by atoms with E-state index in [9.17, 15) is 9.59 Å². The molecule has 9 nitrogen and oxygen atoms in total. The fourth-order valence-electron chi connectivity index (χ4n) is 3.25. The first-order valence-electron chi connectivity index (χ1n) is 8.74. The van der Waals surface area contributed by atoms with Gasteiger partial charge >= 0.3 is 0 Å². The fourth-order valence-corrected chi connectivity index (χ4v) is 3.25. The molecule has 0 saturated carbocycles. The van der Waals surface area contributed by atoms with Crippen LogP contribution < -0.4 is 15.9 Å². The Morgan fingerprint density at radius 3 is 2.17 bits per heavy atom. The lowest BCUT2D eigenvalue weighted by molar-refractivity contribution is 0.414. The normalized spacial score (nSPS) is 11.2. The van der Waals surface area contributed by atoms with Crippen molar-refractivity contribution in [1.29, 1.82) is 0 Å². The van der Waals surface area contributed by atoms with E-state index in [0.29, 0.717) is 39.2 Å². The zero-order chi connectivity index (χ0) is 20.0. The maximum atomic E-state index is 13.1. The van der Waals surface area contributed by atoms with E-state index in [2.05, 4.69) is 20.2 Å². The van der Waals surface area contributed by atoms with Crippen molar-refractivity contribution in [1.82, 2.24) is 29.3 Å². The molecule has 5 aromatic rings. The summed E-state index contributed by atoms with van der Waals surface area (Å²) in [5.74, 6) is 0.990. The highest BCUT2D eigenvalue weighted by Gasteiger charge is 2.12. The minimum Gasteiger partial charge on any atom is -0.497 e. The molecule has 0 bridgehead atoms. The van der Waals surface area contributed by atoms with Gasteiger partial charge in [0.2, 0.25) is 5.95 Å². The van der Waals surface area contributed by atoms with Crippen molar-refractivity contribution in [2.75, 3.05) is 7.11 Å². The molecule has 1 N–H and O–H groups in total. The molecule has 0 aliphatic heterocycles. The highest BCUT2D eigenvalue weighted by atomic mass is 16.5. The van der Waals surface area contributed by atoms with Crippen molar-refractivity contribution < 1.29 is 4.74 Å². The van der Waals surface area contributed by atoms with Gasteiger partial charge in [0.15, 0.2) is 0 Å². The van der Waals surface area contributed by atoms with Gasteiger partial charge in [-0.15, -0.1) is 0 Å². The molecule has 1 aromatic carbocycles. The summed E-state index contributed by atoms with van der Waals surface area (Å²) >= 11 is 0. The summed E-state index contributed by atoms with van der Waals surface area (Å²) in [6.07, 6.45) is 4.56. The summed E-state index contributed by atoms with van der Waals surface area (Å²) in [5.41, 5.74) is 1.10. The highest BCUT2D eigenvalue weighted by Crippen LogP contribution is 2.18. The SMILES string of the molecule is COc1ccc(-n2ccc3nc4ccn(-c5ncn[nH]5)c(=O)c4cc3c2=O)cc1. The largest absolute Gasteiger partial charge is 0.497 e. The number of fused-ring (bicyclic) bond motifs is 2. The van der Waals surface area contributed by atoms with Crippen LogP contribution in [0.2, 0.25) is 0 Å². The van der Waals surface area contributed by atoms with Gasteiger partial charge in [0, 0.05) is 18.1 Å². The molecule has 0 amide bonds. The van der Waals surface area contributed by atoms with Crippen LogP contribution >= 0.6 is 0 Å². The van der Waals surface area contributed by atoms with Crippen molar-refractivity contribution in [2.45, 2.75) is 0 Å². The molecular weight excluding hydrogens is 372 g/mol. The molecule has 0 radical (unpaired) electrons. The third-order valence-electron chi connectivity index (χ3n) is 4.72. The van der Waals surface area contributed by atoms with Gasteiger partial charge in [0.25, 0.3) is 11.1 Å². The van der Waals surface area contributed by atoms with Crippen molar-refractivity contribution in [3.8, 4) is 17.4 Å². The maximum Gasteiger partial charge on any atom is 0.266 e. The van der Waals surface area contributed by atoms with Crippen LogP contribution in [-0.4, -0.2) is 36.4 Å². The van der Waals surface area contributed by atoms with Crippen LogP contribution in [-0.2, 0) is 0 Å². The lowest BCUT2D eigenvalue weighted by Crippen LogP contribution is -2.21. The average Bonchev–Trinajstić information content (AvgIpc) is 3.28. The van der Waals surface area contributed by atoms with Crippen molar-refractivity contribution in [3.63, 3.8) is 0 Å². The Balaban J connectivity index is 1.75. The number of benzene rings is 1. The van der Waals surface area contributed by atoms with Crippen LogP contribution in [0.4, 0.5) is 0 Å². The van der Waals surface area contributed by atoms with E-state index in [1.807, 2.05) is 0 Å². The maximum absolute atomic E-state index is 13.1. The summed E-state index contributed by atoms with van der Waals surface area (Å²) in [4.78, 5) is 34.5. The van der Waals surface area contributed by atoms with Gasteiger partial charge in [-0.25, -0.2) is 10.1 Å². The van der Waals surface area contributed by atoms with Crippen LogP contribution in [0.3, 0.4) is 0 Å². The zero-order valence-electron chi connectivity index (χ0n) is 15.2. The Labute approximate surface area is 162 Å². The average molecular weight is 386 g/mol. The Hall–Kier alpha value is -4.27. The Bertz CT molecular complexity index is 1470. The number of rotatable bonds is 3. The first-order chi connectivity index (χ1) is 14.2. The van der Waals surface area contributed by atoms with Crippen LogP contribution in [0.25, 0.3) is 33.4 Å². The van der Waals surface area contributed by atoms with E-state index in [1.165, 1.54) is 15.5 Å². The standard InChI is InChI=1S/C20H14N6O3/c1-29-13-4-2-12(3-5-13)25-8-6-16-14(18(25)27)10-15-17(23-16)7-9-26(19(15)28)20-21-11-22-24-20/h2-11H,1H3,(H,21,22,24). The Morgan fingerprint density at radius 1 is 0.897 bits per heavy atom. The summed E-state index contributed by atoms with van der Waals surface area (Å²) in [7, 11) is 1.58. The van der Waals surface area contributed by atoms with Crippen molar-refractivity contribution in [2.24, 2.45) is 0 Å². The molecule has 142 valence electrons. The lowest BCUT2D eigenvalue weighted by Gasteiger charge is -2.09. The van der Waals surface area contributed by atoms with Gasteiger partial charge in [-0.05, 0) is 42.5 Å². The van der Waals surface area contributed by atoms with Crippen LogP contribution in [0.5, 0.6) is 5.75 Å². The number of aromatic nitrogens is 6. The third-order valence-corrected chi connectivity index (χ3v) is 4.72. The van der Waals surface area contributed by atoms with Crippen molar-refractivity contribution in [3.05, 3.63) is 81.9 Å². The van der Waals surface area contributed by atoms with E-state index < -0.39 is 0 Å². The molecule has 5 rings (SSSR count). The summed E-state index contributed by atoms with van der Waals surface area (Å²) in [6, 6.07) is 12.2. The third kappa shape index (κ3) is 2.67. The topological polar surface area (TPSA) is 108 Å². The van der Waals surface area contributed by atoms with Crippen LogP contribution in [0.1, 0.15) is 0 Å². The number of ether oxygens (including phenoxy) is 1. The van der Waals surface area contributed by atoms with E-state index in [1.54, 1.807) is 62.0 Å². The van der Waals surface area contributed by atoms with E-state index in [0.717, 1.165) is 0 Å². The minimum absolute atomic E-state index is 0.267. The second-order valence-electron chi connectivity index (χ2n) is 6.34. The second kappa shape index (κ2) is 6.41. The Kier molecular flexibility index (Phi) is 3.73. The van der Waals surface area contributed by atoms with E-state index in [4.69, 9.17) is 4.74 Å².